The molecule has 122 valence electrons. The highest BCUT2D eigenvalue weighted by molar-refractivity contribution is 6.40. The van der Waals surface area contributed by atoms with Crippen LogP contribution in [-0.2, 0) is 4.79 Å². The topological polar surface area (TPSA) is 127 Å². The third-order valence-electron chi connectivity index (χ3n) is 4.19. The van der Waals surface area contributed by atoms with Gasteiger partial charge in [0.1, 0.15) is 5.54 Å². The Morgan fingerprint density at radius 3 is 2.38 bits per heavy atom. The van der Waals surface area contributed by atoms with Crippen molar-refractivity contribution in [2.45, 2.75) is 56.5 Å². The molecule has 1 unspecified atom stereocenters. The summed E-state index contributed by atoms with van der Waals surface area (Å²) in [4.78, 5) is 13.5. The van der Waals surface area contributed by atoms with Crippen molar-refractivity contribution >= 4 is 13.1 Å². The molecule has 0 aromatic heterocycles. The monoisotopic (exact) mass is 302 g/mol. The zero-order valence-corrected chi connectivity index (χ0v) is 12.4. The second kappa shape index (κ2) is 8.70. The van der Waals surface area contributed by atoms with Gasteiger partial charge in [0.2, 0.25) is 0 Å². The SMILES string of the molecule is NC(CCCCB(O)O)(CCN1CCC(O)CC1)C(=O)O. The van der Waals surface area contributed by atoms with Crippen molar-refractivity contribution < 1.29 is 25.1 Å². The van der Waals surface area contributed by atoms with E-state index in [0.29, 0.717) is 32.2 Å². The summed E-state index contributed by atoms with van der Waals surface area (Å²) in [5.41, 5.74) is 4.73. The van der Waals surface area contributed by atoms with E-state index >= 15 is 0 Å². The largest absolute Gasteiger partial charge is 0.480 e. The Balaban J connectivity index is 2.35. The number of nitrogens with zero attached hydrogens (tertiary/aromatic N) is 1. The van der Waals surface area contributed by atoms with Gasteiger partial charge in [0.05, 0.1) is 6.10 Å². The predicted molar refractivity (Wildman–Crippen MR) is 79.7 cm³/mol. The molecular formula is C13H27BN2O5. The van der Waals surface area contributed by atoms with Gasteiger partial charge in [-0.15, -0.1) is 0 Å². The summed E-state index contributed by atoms with van der Waals surface area (Å²) < 4.78 is 0. The number of piperidine rings is 1. The zero-order chi connectivity index (χ0) is 15.9. The third-order valence-corrected chi connectivity index (χ3v) is 4.19. The molecule has 0 aromatic rings. The Labute approximate surface area is 125 Å². The second-order valence-corrected chi connectivity index (χ2v) is 6.01. The minimum Gasteiger partial charge on any atom is -0.480 e. The van der Waals surface area contributed by atoms with Crippen LogP contribution in [0.15, 0.2) is 0 Å². The molecule has 1 atom stereocenters. The molecule has 1 aliphatic heterocycles. The van der Waals surface area contributed by atoms with E-state index in [1.54, 1.807) is 0 Å². The lowest BCUT2D eigenvalue weighted by Gasteiger charge is -2.32. The maximum absolute atomic E-state index is 11.4. The van der Waals surface area contributed by atoms with Gasteiger partial charge in [-0.25, -0.2) is 0 Å². The molecule has 0 spiro atoms. The smallest absolute Gasteiger partial charge is 0.451 e. The van der Waals surface area contributed by atoms with Crippen LogP contribution in [0.3, 0.4) is 0 Å². The molecule has 0 saturated carbocycles. The van der Waals surface area contributed by atoms with Crippen molar-refractivity contribution in [2.75, 3.05) is 19.6 Å². The number of hydrogen-bond acceptors (Lipinski definition) is 6. The molecule has 0 aromatic carbocycles. The van der Waals surface area contributed by atoms with Gasteiger partial charge in [0, 0.05) is 19.6 Å². The molecule has 8 heteroatoms. The van der Waals surface area contributed by atoms with Crippen LogP contribution < -0.4 is 5.73 Å². The van der Waals surface area contributed by atoms with Crippen molar-refractivity contribution in [3.8, 4) is 0 Å². The third kappa shape index (κ3) is 6.75. The summed E-state index contributed by atoms with van der Waals surface area (Å²) in [5.74, 6) is -1.01. The number of hydrogen-bond donors (Lipinski definition) is 5. The van der Waals surface area contributed by atoms with Gasteiger partial charge in [0.15, 0.2) is 0 Å². The van der Waals surface area contributed by atoms with Gasteiger partial charge in [-0.3, -0.25) is 4.79 Å². The molecule has 0 aliphatic carbocycles. The van der Waals surface area contributed by atoms with Gasteiger partial charge in [0.25, 0.3) is 0 Å². The molecule has 6 N–H and O–H groups in total. The van der Waals surface area contributed by atoms with Crippen LogP contribution >= 0.6 is 0 Å². The number of aliphatic hydroxyl groups is 1. The predicted octanol–water partition coefficient (Wildman–Crippen LogP) is -0.742. The first kappa shape index (κ1) is 18.4. The summed E-state index contributed by atoms with van der Waals surface area (Å²) in [6.07, 6.45) is 3.22. The Bertz CT molecular complexity index is 324. The van der Waals surface area contributed by atoms with Gasteiger partial charge in [-0.2, -0.15) is 0 Å². The summed E-state index contributed by atoms with van der Waals surface area (Å²) in [6.45, 7) is 2.15. The van der Waals surface area contributed by atoms with E-state index < -0.39 is 18.6 Å². The molecule has 1 rings (SSSR count). The van der Waals surface area contributed by atoms with Crippen molar-refractivity contribution in [3.05, 3.63) is 0 Å². The molecule has 0 bridgehead atoms. The fraction of sp³-hybridized carbons (Fsp3) is 0.923. The fourth-order valence-corrected chi connectivity index (χ4v) is 2.61. The van der Waals surface area contributed by atoms with Crippen LogP contribution in [0.1, 0.15) is 38.5 Å². The quantitative estimate of drug-likeness (QED) is 0.280. The van der Waals surface area contributed by atoms with Gasteiger partial charge < -0.3 is 30.9 Å². The number of nitrogens with two attached hydrogens (primary N) is 1. The van der Waals surface area contributed by atoms with Gasteiger partial charge in [-0.1, -0.05) is 12.8 Å². The highest BCUT2D eigenvalue weighted by atomic mass is 16.4. The van der Waals surface area contributed by atoms with Crippen molar-refractivity contribution in [2.24, 2.45) is 5.73 Å². The minimum atomic E-state index is -1.35. The summed E-state index contributed by atoms with van der Waals surface area (Å²) in [7, 11) is -1.35. The van der Waals surface area contributed by atoms with Crippen molar-refractivity contribution in [1.82, 2.24) is 4.90 Å². The van der Waals surface area contributed by atoms with Crippen LogP contribution in [-0.4, -0.2) is 69.5 Å². The first-order valence-electron chi connectivity index (χ1n) is 7.62. The van der Waals surface area contributed by atoms with Crippen LogP contribution in [0, 0.1) is 0 Å². The van der Waals surface area contributed by atoms with E-state index in [4.69, 9.17) is 15.8 Å². The lowest BCUT2D eigenvalue weighted by Crippen LogP contribution is -2.50. The number of aliphatic hydroxyl groups excluding tert-OH is 1. The molecular weight excluding hydrogens is 275 g/mol. The number of unbranched alkanes of at least 4 members (excludes halogenated alkanes) is 1. The first-order valence-corrected chi connectivity index (χ1v) is 7.62. The Morgan fingerprint density at radius 1 is 1.24 bits per heavy atom. The lowest BCUT2D eigenvalue weighted by atomic mass is 9.81. The molecule has 0 amide bonds. The molecule has 1 saturated heterocycles. The average Bonchev–Trinajstić information content (AvgIpc) is 2.42. The Hall–Kier alpha value is -0.665. The average molecular weight is 302 g/mol. The Kier molecular flexibility index (Phi) is 7.62. The highest BCUT2D eigenvalue weighted by Gasteiger charge is 2.34. The standard InChI is InChI=1S/C13H27BN2O5/c15-13(12(18)19,5-1-2-7-14(20)21)6-10-16-8-3-11(17)4-9-16/h11,17,20-21H,1-10,15H2,(H,18,19). The number of likely N-dealkylation sites (tertiary alicyclic amines) is 1. The number of carboxylic acid groups (broad SMARTS) is 1. The maximum Gasteiger partial charge on any atom is 0.451 e. The van der Waals surface area contributed by atoms with Crippen LogP contribution in [0.2, 0.25) is 6.32 Å². The normalized spacial score (nSPS) is 20.2. The van der Waals surface area contributed by atoms with E-state index in [-0.39, 0.29) is 12.4 Å². The molecule has 7 nitrogen and oxygen atoms in total. The van der Waals surface area contributed by atoms with Crippen molar-refractivity contribution in [3.63, 3.8) is 0 Å². The van der Waals surface area contributed by atoms with Gasteiger partial charge >= 0.3 is 13.1 Å². The summed E-state index contributed by atoms with van der Waals surface area (Å²) in [6, 6.07) is 0. The zero-order valence-electron chi connectivity index (χ0n) is 12.4. The lowest BCUT2D eigenvalue weighted by molar-refractivity contribution is -0.144. The van der Waals surface area contributed by atoms with E-state index in [0.717, 1.165) is 25.9 Å². The van der Waals surface area contributed by atoms with Crippen molar-refractivity contribution in [1.29, 1.82) is 0 Å². The molecule has 0 radical (unpaired) electrons. The maximum atomic E-state index is 11.4. The van der Waals surface area contributed by atoms with E-state index in [1.165, 1.54) is 0 Å². The first-order chi connectivity index (χ1) is 9.83. The van der Waals surface area contributed by atoms with E-state index in [1.807, 2.05) is 0 Å². The molecule has 1 aliphatic rings. The fourth-order valence-electron chi connectivity index (χ4n) is 2.61. The van der Waals surface area contributed by atoms with E-state index in [9.17, 15) is 15.0 Å². The van der Waals surface area contributed by atoms with Crippen LogP contribution in [0.25, 0.3) is 0 Å². The minimum absolute atomic E-state index is 0.236. The summed E-state index contributed by atoms with van der Waals surface area (Å²) >= 11 is 0. The van der Waals surface area contributed by atoms with Gasteiger partial charge in [-0.05, 0) is 32.0 Å². The van der Waals surface area contributed by atoms with Crippen LogP contribution in [0.5, 0.6) is 0 Å². The van der Waals surface area contributed by atoms with E-state index in [2.05, 4.69) is 4.90 Å². The second-order valence-electron chi connectivity index (χ2n) is 6.01. The van der Waals surface area contributed by atoms with Crippen LogP contribution in [0.4, 0.5) is 0 Å². The number of rotatable bonds is 9. The number of aliphatic carboxylic acids is 1. The molecule has 1 fully saturated rings. The Morgan fingerprint density at radius 2 is 1.86 bits per heavy atom. The highest BCUT2D eigenvalue weighted by Crippen LogP contribution is 2.19. The number of carboxylic acids is 1. The molecule has 21 heavy (non-hydrogen) atoms. The summed E-state index contributed by atoms with van der Waals surface area (Å²) in [5, 5.41) is 36.3. The number of carbonyl (C=O) groups is 1. The molecule has 1 heterocycles.